The Morgan fingerprint density at radius 3 is 1.75 bits per heavy atom. The van der Waals surface area contributed by atoms with Crippen LogP contribution in [-0.4, -0.2) is 44.9 Å². The van der Waals surface area contributed by atoms with E-state index in [2.05, 4.69) is 4.84 Å². The van der Waals surface area contributed by atoms with Crippen molar-refractivity contribution in [2.75, 3.05) is 20.4 Å². The van der Waals surface area contributed by atoms with E-state index in [0.717, 1.165) is 5.06 Å². The quantitative estimate of drug-likeness (QED) is 0.198. The Hall–Kier alpha value is 0.340. The Kier molecular flexibility index (Phi) is 14.3. The summed E-state index contributed by atoms with van der Waals surface area (Å²) in [6, 6.07) is 0. The van der Waals surface area contributed by atoms with E-state index in [1.54, 1.807) is 0 Å². The van der Waals surface area contributed by atoms with Crippen molar-refractivity contribution in [3.63, 3.8) is 0 Å². The first kappa shape index (κ1) is 18.2. The molecule has 0 atom stereocenters. The van der Waals surface area contributed by atoms with Gasteiger partial charge in [-0.25, -0.2) is 13.5 Å². The van der Waals surface area contributed by atoms with E-state index in [9.17, 15) is 4.79 Å². The van der Waals surface area contributed by atoms with Gasteiger partial charge in [-0.3, -0.25) is 9.63 Å². The van der Waals surface area contributed by atoms with Crippen LogP contribution in [0.25, 0.3) is 0 Å². The van der Waals surface area contributed by atoms with Crippen molar-refractivity contribution in [3.8, 4) is 0 Å². The SMILES string of the molecule is CON(C)C=O.CS(=O)(=O)[O-].[Na+]. The monoisotopic (exact) mass is 207 g/mol. The van der Waals surface area contributed by atoms with Gasteiger partial charge >= 0.3 is 29.6 Å². The van der Waals surface area contributed by atoms with E-state index in [4.69, 9.17) is 13.0 Å². The maximum absolute atomic E-state index is 9.54. The van der Waals surface area contributed by atoms with Crippen molar-refractivity contribution in [2.45, 2.75) is 0 Å². The second kappa shape index (κ2) is 9.43. The van der Waals surface area contributed by atoms with E-state index < -0.39 is 10.1 Å². The molecule has 1 amide bonds. The summed E-state index contributed by atoms with van der Waals surface area (Å²) in [5, 5.41) is 1.07. The van der Waals surface area contributed by atoms with Crippen LogP contribution in [0.5, 0.6) is 0 Å². The van der Waals surface area contributed by atoms with Crippen molar-refractivity contribution < 1.29 is 52.2 Å². The molecular formula is C4H10NNaO5S. The number of hydroxylamine groups is 2. The molecule has 0 aromatic carbocycles. The fourth-order valence-electron chi connectivity index (χ4n) is 0.0430. The van der Waals surface area contributed by atoms with Gasteiger partial charge in [0.05, 0.1) is 17.2 Å². The van der Waals surface area contributed by atoms with E-state index >= 15 is 0 Å². The topological polar surface area (TPSA) is 86.7 Å². The molecule has 0 saturated carbocycles. The van der Waals surface area contributed by atoms with Crippen molar-refractivity contribution >= 4 is 16.5 Å². The Morgan fingerprint density at radius 2 is 1.75 bits per heavy atom. The summed E-state index contributed by atoms with van der Waals surface area (Å²) >= 11 is 0. The Labute approximate surface area is 93.9 Å². The van der Waals surface area contributed by atoms with Gasteiger partial charge in [-0.15, -0.1) is 0 Å². The van der Waals surface area contributed by atoms with E-state index in [-0.39, 0.29) is 29.6 Å². The molecule has 0 bridgehead atoms. The second-order valence-electron chi connectivity index (χ2n) is 1.54. The summed E-state index contributed by atoms with van der Waals surface area (Å²) in [7, 11) is -0.971. The van der Waals surface area contributed by atoms with Crippen LogP contribution in [0.3, 0.4) is 0 Å². The Balaban J connectivity index is -0.000000126. The largest absolute Gasteiger partial charge is 1.00 e. The molecule has 6 nitrogen and oxygen atoms in total. The fraction of sp³-hybridized carbons (Fsp3) is 0.750. The molecule has 0 aliphatic rings. The first-order valence-corrected chi connectivity index (χ1v) is 4.26. The first-order chi connectivity index (χ1) is 4.81. The molecule has 8 heteroatoms. The first-order valence-electron chi connectivity index (χ1n) is 2.44. The number of hydrogen-bond acceptors (Lipinski definition) is 5. The number of rotatable bonds is 2. The average Bonchev–Trinajstić information content (AvgIpc) is 1.83. The normalized spacial score (nSPS) is 8.67. The van der Waals surface area contributed by atoms with Crippen molar-refractivity contribution in [1.29, 1.82) is 0 Å². The van der Waals surface area contributed by atoms with Gasteiger partial charge in [-0.05, 0) is 0 Å². The molecule has 0 aromatic heterocycles. The number of nitrogens with zero attached hydrogens (tertiary/aromatic N) is 1. The maximum atomic E-state index is 9.54. The summed E-state index contributed by atoms with van der Waals surface area (Å²) in [5.74, 6) is 0. The Bertz CT molecular complexity index is 184. The predicted molar refractivity (Wildman–Crippen MR) is 36.5 cm³/mol. The summed E-state index contributed by atoms with van der Waals surface area (Å²) in [6.45, 7) is 0. The molecule has 0 unspecified atom stereocenters. The predicted octanol–water partition coefficient (Wildman–Crippen LogP) is -4.20. The number of hydrogen-bond donors (Lipinski definition) is 0. The van der Waals surface area contributed by atoms with Crippen molar-refractivity contribution in [1.82, 2.24) is 5.06 Å². The van der Waals surface area contributed by atoms with Crippen LogP contribution in [0.1, 0.15) is 0 Å². The van der Waals surface area contributed by atoms with Crippen molar-refractivity contribution in [2.24, 2.45) is 0 Å². The van der Waals surface area contributed by atoms with Gasteiger partial charge in [0, 0.05) is 13.3 Å². The summed E-state index contributed by atoms with van der Waals surface area (Å²) < 4.78 is 27.2. The van der Waals surface area contributed by atoms with E-state index in [0.29, 0.717) is 12.7 Å². The van der Waals surface area contributed by atoms with E-state index in [1.807, 2.05) is 0 Å². The number of carbonyl (C=O) groups excluding carboxylic acids is 1. The zero-order chi connectivity index (χ0) is 9.49. The zero-order valence-electron chi connectivity index (χ0n) is 7.47. The van der Waals surface area contributed by atoms with Crippen LogP contribution in [0.15, 0.2) is 0 Å². The minimum absolute atomic E-state index is 0. The third-order valence-electron chi connectivity index (χ3n) is 0.436. The van der Waals surface area contributed by atoms with Gasteiger partial charge in [0.25, 0.3) is 0 Å². The minimum atomic E-state index is -3.92. The molecule has 0 spiro atoms. The number of amides is 1. The summed E-state index contributed by atoms with van der Waals surface area (Å²) in [6.07, 6.45) is 1.19. The van der Waals surface area contributed by atoms with Crippen LogP contribution in [-0.2, 0) is 19.8 Å². The molecule has 0 fully saturated rings. The molecule has 0 saturated heterocycles. The smallest absolute Gasteiger partial charge is 0.748 e. The molecule has 0 aromatic rings. The zero-order valence-corrected chi connectivity index (χ0v) is 10.3. The Morgan fingerprint density at radius 1 is 1.50 bits per heavy atom. The molecule has 0 rings (SSSR count). The molecule has 12 heavy (non-hydrogen) atoms. The fourth-order valence-corrected chi connectivity index (χ4v) is 0.0430. The molecule has 0 heterocycles. The van der Waals surface area contributed by atoms with E-state index in [1.165, 1.54) is 14.2 Å². The van der Waals surface area contributed by atoms with Gasteiger partial charge < -0.3 is 4.55 Å². The minimum Gasteiger partial charge on any atom is -0.748 e. The maximum Gasteiger partial charge on any atom is 1.00 e. The third-order valence-corrected chi connectivity index (χ3v) is 0.436. The molecular weight excluding hydrogens is 197 g/mol. The molecule has 0 N–H and O–H groups in total. The van der Waals surface area contributed by atoms with Crippen LogP contribution in [0.4, 0.5) is 0 Å². The molecule has 0 radical (unpaired) electrons. The molecule has 68 valence electrons. The van der Waals surface area contributed by atoms with Gasteiger partial charge in [0.2, 0.25) is 6.41 Å². The van der Waals surface area contributed by atoms with Crippen LogP contribution >= 0.6 is 0 Å². The standard InChI is InChI=1S/C3H7NO2.CH4O3S.Na/c1-4(3-5)6-2;1-5(2,3)4;/h3H,1-2H3;1H3,(H,2,3,4);/q;;+1/p-1. The third kappa shape index (κ3) is 47.9. The summed E-state index contributed by atoms with van der Waals surface area (Å²) in [5.41, 5.74) is 0. The summed E-state index contributed by atoms with van der Waals surface area (Å²) in [4.78, 5) is 13.9. The average molecular weight is 207 g/mol. The van der Waals surface area contributed by atoms with Gasteiger partial charge in [0.1, 0.15) is 0 Å². The van der Waals surface area contributed by atoms with Gasteiger partial charge in [0.15, 0.2) is 0 Å². The second-order valence-corrected chi connectivity index (χ2v) is 2.95. The van der Waals surface area contributed by atoms with Gasteiger partial charge in [-0.2, -0.15) is 0 Å². The van der Waals surface area contributed by atoms with Gasteiger partial charge in [-0.1, -0.05) is 0 Å². The number of carbonyl (C=O) groups is 1. The van der Waals surface area contributed by atoms with Crippen LogP contribution in [0.2, 0.25) is 0 Å². The van der Waals surface area contributed by atoms with Crippen molar-refractivity contribution in [3.05, 3.63) is 0 Å². The van der Waals surface area contributed by atoms with Crippen LogP contribution in [0, 0.1) is 0 Å². The molecule has 0 aliphatic carbocycles. The molecule has 0 aliphatic heterocycles. The van der Waals surface area contributed by atoms with Crippen LogP contribution < -0.4 is 29.6 Å².